The van der Waals surface area contributed by atoms with Crippen molar-refractivity contribution < 1.29 is 9.59 Å². The van der Waals surface area contributed by atoms with Crippen LogP contribution < -0.4 is 9.80 Å². The molecule has 3 rings (SSSR count). The molecule has 0 bridgehead atoms. The first kappa shape index (κ1) is 19.0. The molecule has 1 saturated heterocycles. The van der Waals surface area contributed by atoms with Crippen molar-refractivity contribution in [3.05, 3.63) is 59.7 Å². The fourth-order valence-corrected chi connectivity index (χ4v) is 3.36. The van der Waals surface area contributed by atoms with Gasteiger partial charge in [0.25, 0.3) is 5.91 Å². The summed E-state index contributed by atoms with van der Waals surface area (Å²) in [6.07, 6.45) is 1.46. The molecule has 0 N–H and O–H groups in total. The van der Waals surface area contributed by atoms with Crippen LogP contribution in [0.25, 0.3) is 0 Å². The lowest BCUT2D eigenvalue weighted by atomic mass is 10.1. The maximum absolute atomic E-state index is 13.0. The van der Waals surface area contributed by atoms with E-state index in [1.54, 1.807) is 4.90 Å². The predicted molar refractivity (Wildman–Crippen MR) is 109 cm³/mol. The number of carbonyl (C=O) groups excluding carboxylic acids is 2. The lowest BCUT2D eigenvalue weighted by Gasteiger charge is -2.23. The van der Waals surface area contributed by atoms with Crippen LogP contribution in [0.4, 0.5) is 11.4 Å². The van der Waals surface area contributed by atoms with Crippen molar-refractivity contribution in [3.8, 4) is 0 Å². The molecule has 142 valence electrons. The lowest BCUT2D eigenvalue weighted by Crippen LogP contribution is -2.30. The van der Waals surface area contributed by atoms with E-state index >= 15 is 0 Å². The van der Waals surface area contributed by atoms with E-state index in [4.69, 9.17) is 0 Å². The minimum Gasteiger partial charge on any atom is -0.378 e. The summed E-state index contributed by atoms with van der Waals surface area (Å²) in [5, 5.41) is 0. The fourth-order valence-electron chi connectivity index (χ4n) is 3.36. The van der Waals surface area contributed by atoms with Gasteiger partial charge in [0, 0.05) is 57.1 Å². The molecule has 0 unspecified atom stereocenters. The average Bonchev–Trinajstić information content (AvgIpc) is 3.12. The maximum atomic E-state index is 13.0. The number of rotatable bonds is 6. The number of hydrogen-bond acceptors (Lipinski definition) is 3. The zero-order chi connectivity index (χ0) is 19.4. The molecule has 1 aliphatic heterocycles. The monoisotopic (exact) mass is 365 g/mol. The second kappa shape index (κ2) is 8.25. The van der Waals surface area contributed by atoms with Gasteiger partial charge in [0.15, 0.2) is 0 Å². The van der Waals surface area contributed by atoms with E-state index in [1.165, 1.54) is 0 Å². The Bertz CT molecular complexity index is 815. The van der Waals surface area contributed by atoms with Crippen molar-refractivity contribution in [1.29, 1.82) is 0 Å². The summed E-state index contributed by atoms with van der Waals surface area (Å²) in [4.78, 5) is 30.7. The third kappa shape index (κ3) is 4.30. The van der Waals surface area contributed by atoms with Crippen LogP contribution in [0.2, 0.25) is 0 Å². The highest BCUT2D eigenvalue weighted by Crippen LogP contribution is 2.23. The summed E-state index contributed by atoms with van der Waals surface area (Å²) in [5.41, 5.74) is 3.67. The molecule has 5 heteroatoms. The first-order valence-electron chi connectivity index (χ1n) is 9.45. The number of carbonyl (C=O) groups is 2. The van der Waals surface area contributed by atoms with Crippen LogP contribution in [0.15, 0.2) is 48.5 Å². The molecule has 2 aromatic rings. The highest BCUT2D eigenvalue weighted by atomic mass is 16.2. The molecule has 2 aromatic carbocycles. The quantitative estimate of drug-likeness (QED) is 0.786. The smallest absolute Gasteiger partial charge is 0.254 e. The lowest BCUT2D eigenvalue weighted by molar-refractivity contribution is -0.117. The van der Waals surface area contributed by atoms with Gasteiger partial charge in [0.1, 0.15) is 0 Å². The zero-order valence-electron chi connectivity index (χ0n) is 16.3. The van der Waals surface area contributed by atoms with Crippen LogP contribution >= 0.6 is 0 Å². The molecular formula is C22H27N3O2. The minimum atomic E-state index is -0.0114. The molecule has 1 fully saturated rings. The molecule has 1 heterocycles. The molecule has 0 aromatic heterocycles. The Labute approximate surface area is 161 Å². The van der Waals surface area contributed by atoms with E-state index in [0.29, 0.717) is 25.1 Å². The fraction of sp³-hybridized carbons (Fsp3) is 0.364. The average molecular weight is 365 g/mol. The summed E-state index contributed by atoms with van der Waals surface area (Å²) in [5.74, 6) is 0.121. The largest absolute Gasteiger partial charge is 0.378 e. The van der Waals surface area contributed by atoms with E-state index in [2.05, 4.69) is 29.2 Å². The van der Waals surface area contributed by atoms with Gasteiger partial charge in [-0.05, 0) is 49.2 Å². The Balaban J connectivity index is 1.75. The highest BCUT2D eigenvalue weighted by Gasteiger charge is 2.23. The normalized spacial score (nSPS) is 13.7. The van der Waals surface area contributed by atoms with Crippen molar-refractivity contribution in [2.24, 2.45) is 0 Å². The molecule has 1 aliphatic rings. The van der Waals surface area contributed by atoms with Crippen molar-refractivity contribution in [3.63, 3.8) is 0 Å². The molecule has 0 spiro atoms. The summed E-state index contributed by atoms with van der Waals surface area (Å²) >= 11 is 0. The van der Waals surface area contributed by atoms with Gasteiger partial charge in [-0.1, -0.05) is 18.2 Å². The Morgan fingerprint density at radius 2 is 1.85 bits per heavy atom. The van der Waals surface area contributed by atoms with Crippen LogP contribution in [-0.4, -0.2) is 43.9 Å². The second-order valence-corrected chi connectivity index (χ2v) is 7.08. The number of nitrogens with zero attached hydrogens (tertiary/aromatic N) is 3. The summed E-state index contributed by atoms with van der Waals surface area (Å²) in [7, 11) is 4.02. The summed E-state index contributed by atoms with van der Waals surface area (Å²) in [6.45, 7) is 3.91. The number of amides is 2. The van der Waals surface area contributed by atoms with Crippen molar-refractivity contribution in [1.82, 2.24) is 4.90 Å². The molecule has 2 amide bonds. The second-order valence-electron chi connectivity index (χ2n) is 7.08. The van der Waals surface area contributed by atoms with Gasteiger partial charge in [-0.2, -0.15) is 0 Å². The van der Waals surface area contributed by atoms with Gasteiger partial charge >= 0.3 is 0 Å². The Kier molecular flexibility index (Phi) is 5.79. The number of hydrogen-bond donors (Lipinski definition) is 0. The minimum absolute atomic E-state index is 0.0114. The van der Waals surface area contributed by atoms with Gasteiger partial charge < -0.3 is 14.7 Å². The van der Waals surface area contributed by atoms with Crippen molar-refractivity contribution >= 4 is 23.2 Å². The first-order chi connectivity index (χ1) is 13.0. The topological polar surface area (TPSA) is 43.9 Å². The van der Waals surface area contributed by atoms with E-state index in [1.807, 2.05) is 50.2 Å². The van der Waals surface area contributed by atoms with Crippen LogP contribution in [-0.2, 0) is 11.3 Å². The third-order valence-electron chi connectivity index (χ3n) is 4.97. The van der Waals surface area contributed by atoms with Gasteiger partial charge in [-0.25, -0.2) is 0 Å². The Morgan fingerprint density at radius 3 is 2.44 bits per heavy atom. The van der Waals surface area contributed by atoms with Crippen LogP contribution in [0.3, 0.4) is 0 Å². The molecule has 0 atom stereocenters. The highest BCUT2D eigenvalue weighted by molar-refractivity contribution is 5.99. The molecule has 5 nitrogen and oxygen atoms in total. The first-order valence-corrected chi connectivity index (χ1v) is 9.45. The number of benzene rings is 2. The SMILES string of the molecule is CCN(Cc1ccc(N(C)C)cc1)C(=O)c1cccc(N2CCCC2=O)c1. The van der Waals surface area contributed by atoms with E-state index in [0.717, 1.165) is 29.9 Å². The van der Waals surface area contributed by atoms with Crippen molar-refractivity contribution in [2.75, 3.05) is 37.0 Å². The standard InChI is InChI=1S/C22H27N3O2/c1-4-24(16-17-10-12-19(13-11-17)23(2)3)22(27)18-7-5-8-20(15-18)25-14-6-9-21(25)26/h5,7-8,10-13,15H,4,6,9,14,16H2,1-3H3. The molecular weight excluding hydrogens is 338 g/mol. The van der Waals surface area contributed by atoms with Gasteiger partial charge in [0.05, 0.1) is 0 Å². The predicted octanol–water partition coefficient (Wildman–Crippen LogP) is 3.54. The van der Waals surface area contributed by atoms with Gasteiger partial charge in [0.2, 0.25) is 5.91 Å². The third-order valence-corrected chi connectivity index (χ3v) is 4.97. The number of anilines is 2. The van der Waals surface area contributed by atoms with E-state index in [-0.39, 0.29) is 11.8 Å². The van der Waals surface area contributed by atoms with Gasteiger partial charge in [-0.3, -0.25) is 9.59 Å². The van der Waals surface area contributed by atoms with E-state index < -0.39 is 0 Å². The maximum Gasteiger partial charge on any atom is 0.254 e. The molecule has 0 radical (unpaired) electrons. The zero-order valence-corrected chi connectivity index (χ0v) is 16.3. The molecule has 0 aliphatic carbocycles. The van der Waals surface area contributed by atoms with Crippen LogP contribution in [0.5, 0.6) is 0 Å². The van der Waals surface area contributed by atoms with Crippen LogP contribution in [0.1, 0.15) is 35.7 Å². The summed E-state index contributed by atoms with van der Waals surface area (Å²) < 4.78 is 0. The summed E-state index contributed by atoms with van der Waals surface area (Å²) in [6, 6.07) is 15.7. The molecule has 0 saturated carbocycles. The van der Waals surface area contributed by atoms with Crippen molar-refractivity contribution in [2.45, 2.75) is 26.3 Å². The Morgan fingerprint density at radius 1 is 1.11 bits per heavy atom. The molecule has 27 heavy (non-hydrogen) atoms. The van der Waals surface area contributed by atoms with E-state index in [9.17, 15) is 9.59 Å². The van der Waals surface area contributed by atoms with Crippen LogP contribution in [0, 0.1) is 0 Å². The van der Waals surface area contributed by atoms with Gasteiger partial charge in [-0.15, -0.1) is 0 Å². The Hall–Kier alpha value is -2.82.